The maximum Gasteiger partial charge on any atom is 0.139 e. The van der Waals surface area contributed by atoms with Crippen molar-refractivity contribution < 1.29 is 0 Å². The van der Waals surface area contributed by atoms with Crippen molar-refractivity contribution >= 4 is 22.6 Å². The van der Waals surface area contributed by atoms with Crippen LogP contribution < -0.4 is 0 Å². The summed E-state index contributed by atoms with van der Waals surface area (Å²) in [5.41, 5.74) is 1.00. The van der Waals surface area contributed by atoms with Crippen LogP contribution in [0.4, 0.5) is 0 Å². The van der Waals surface area contributed by atoms with Gasteiger partial charge in [-0.05, 0) is 19.1 Å². The molecule has 0 aliphatic carbocycles. The Kier molecular flexibility index (Phi) is 1.77. The van der Waals surface area contributed by atoms with E-state index in [1.807, 2.05) is 18.3 Å². The first kappa shape index (κ1) is 7.62. The lowest BCUT2D eigenvalue weighted by atomic mass is 10.3. The first-order valence-corrected chi connectivity index (χ1v) is 4.29. The molecule has 0 aromatic carbocycles. The smallest absolute Gasteiger partial charge is 0.139 e. The fourth-order valence-corrected chi connectivity index (χ4v) is 1.47. The van der Waals surface area contributed by atoms with Gasteiger partial charge in [0.25, 0.3) is 0 Å². The van der Waals surface area contributed by atoms with Gasteiger partial charge >= 0.3 is 0 Å². The summed E-state index contributed by atoms with van der Waals surface area (Å²) in [5, 5.41) is 1.79. The van der Waals surface area contributed by atoms with Crippen molar-refractivity contribution in [2.75, 3.05) is 0 Å². The molecule has 2 rings (SSSR count). The zero-order chi connectivity index (χ0) is 8.55. The van der Waals surface area contributed by atoms with Gasteiger partial charge in [-0.25, -0.2) is 4.98 Å². The van der Waals surface area contributed by atoms with E-state index in [0.717, 1.165) is 17.6 Å². The van der Waals surface area contributed by atoms with Crippen molar-refractivity contribution in [2.45, 2.75) is 13.5 Å². The highest BCUT2D eigenvalue weighted by atomic mass is 35.5. The van der Waals surface area contributed by atoms with Gasteiger partial charge in [-0.15, -0.1) is 0 Å². The van der Waals surface area contributed by atoms with E-state index in [2.05, 4.69) is 16.5 Å². The normalized spacial score (nSPS) is 10.8. The largest absolute Gasteiger partial charge is 0.333 e. The van der Waals surface area contributed by atoms with E-state index in [1.54, 1.807) is 6.20 Å². The molecule has 2 heterocycles. The standard InChI is InChI=1S/C9H9ClN2/c1-2-12-4-3-7-5-8(10)6-11-9(7)12/h3-6H,2H2,1H3. The Balaban J connectivity index is 2.73. The number of aryl methyl sites for hydroxylation is 1. The third kappa shape index (κ3) is 1.08. The zero-order valence-corrected chi connectivity index (χ0v) is 7.54. The van der Waals surface area contributed by atoms with E-state index in [-0.39, 0.29) is 0 Å². The molecule has 0 aliphatic heterocycles. The second-order valence-electron chi connectivity index (χ2n) is 2.67. The van der Waals surface area contributed by atoms with Crippen LogP contribution in [0.15, 0.2) is 24.5 Å². The zero-order valence-electron chi connectivity index (χ0n) is 6.79. The third-order valence-corrected chi connectivity index (χ3v) is 2.12. The summed E-state index contributed by atoms with van der Waals surface area (Å²) in [5.74, 6) is 0. The number of halogens is 1. The molecule has 0 spiro atoms. The lowest BCUT2D eigenvalue weighted by Crippen LogP contribution is -1.92. The Hall–Kier alpha value is -1.02. The lowest BCUT2D eigenvalue weighted by molar-refractivity contribution is 0.788. The molecule has 62 valence electrons. The number of rotatable bonds is 1. The van der Waals surface area contributed by atoms with Gasteiger partial charge in [-0.1, -0.05) is 11.6 Å². The van der Waals surface area contributed by atoms with Crippen molar-refractivity contribution in [3.63, 3.8) is 0 Å². The molecule has 0 N–H and O–H groups in total. The molecule has 2 nitrogen and oxygen atoms in total. The van der Waals surface area contributed by atoms with Crippen molar-refractivity contribution in [3.05, 3.63) is 29.5 Å². The van der Waals surface area contributed by atoms with E-state index in [1.165, 1.54) is 0 Å². The van der Waals surface area contributed by atoms with Crippen molar-refractivity contribution in [2.24, 2.45) is 0 Å². The quantitative estimate of drug-likeness (QED) is 0.660. The highest BCUT2D eigenvalue weighted by Crippen LogP contribution is 2.17. The fourth-order valence-electron chi connectivity index (χ4n) is 1.31. The summed E-state index contributed by atoms with van der Waals surface area (Å²) in [6, 6.07) is 3.95. The van der Waals surface area contributed by atoms with E-state index in [0.29, 0.717) is 5.02 Å². The molecular formula is C9H9ClN2. The van der Waals surface area contributed by atoms with Gasteiger partial charge < -0.3 is 4.57 Å². The maximum absolute atomic E-state index is 5.80. The molecule has 2 aromatic heterocycles. The fraction of sp³-hybridized carbons (Fsp3) is 0.222. The molecule has 0 saturated heterocycles. The Morgan fingerprint density at radius 1 is 1.58 bits per heavy atom. The second kappa shape index (κ2) is 2.79. The number of pyridine rings is 1. The molecule has 12 heavy (non-hydrogen) atoms. The predicted molar refractivity (Wildman–Crippen MR) is 50.4 cm³/mol. The van der Waals surface area contributed by atoms with Crippen LogP contribution >= 0.6 is 11.6 Å². The minimum atomic E-state index is 0.691. The van der Waals surface area contributed by atoms with Crippen LogP contribution in [-0.2, 0) is 6.54 Å². The molecule has 0 bridgehead atoms. The maximum atomic E-state index is 5.80. The van der Waals surface area contributed by atoms with Crippen LogP contribution in [0.5, 0.6) is 0 Å². The van der Waals surface area contributed by atoms with Gasteiger partial charge in [-0.2, -0.15) is 0 Å². The summed E-state index contributed by atoms with van der Waals surface area (Å²) < 4.78 is 2.09. The molecule has 0 fully saturated rings. The van der Waals surface area contributed by atoms with Crippen LogP contribution in [0.25, 0.3) is 11.0 Å². The number of hydrogen-bond donors (Lipinski definition) is 0. The Morgan fingerprint density at radius 3 is 3.17 bits per heavy atom. The Morgan fingerprint density at radius 2 is 2.42 bits per heavy atom. The average Bonchev–Trinajstić information content (AvgIpc) is 2.46. The predicted octanol–water partition coefficient (Wildman–Crippen LogP) is 2.71. The number of hydrogen-bond acceptors (Lipinski definition) is 1. The summed E-state index contributed by atoms with van der Waals surface area (Å²) in [7, 11) is 0. The van der Waals surface area contributed by atoms with Gasteiger partial charge in [0, 0.05) is 24.3 Å². The van der Waals surface area contributed by atoms with Crippen molar-refractivity contribution in [3.8, 4) is 0 Å². The molecule has 3 heteroatoms. The number of fused-ring (bicyclic) bond motifs is 1. The number of aromatic nitrogens is 2. The topological polar surface area (TPSA) is 17.8 Å². The monoisotopic (exact) mass is 180 g/mol. The van der Waals surface area contributed by atoms with Crippen LogP contribution in [-0.4, -0.2) is 9.55 Å². The van der Waals surface area contributed by atoms with Gasteiger partial charge in [0.2, 0.25) is 0 Å². The van der Waals surface area contributed by atoms with E-state index in [4.69, 9.17) is 11.6 Å². The summed E-state index contributed by atoms with van der Waals surface area (Å²) >= 11 is 5.80. The molecular weight excluding hydrogens is 172 g/mol. The van der Waals surface area contributed by atoms with Crippen LogP contribution in [0.2, 0.25) is 5.02 Å². The molecule has 0 radical (unpaired) electrons. The van der Waals surface area contributed by atoms with Gasteiger partial charge in [0.1, 0.15) is 5.65 Å². The molecule has 0 aliphatic rings. The molecule has 0 amide bonds. The van der Waals surface area contributed by atoms with E-state index >= 15 is 0 Å². The first-order valence-electron chi connectivity index (χ1n) is 3.91. The van der Waals surface area contributed by atoms with Gasteiger partial charge in [0.15, 0.2) is 0 Å². The highest BCUT2D eigenvalue weighted by molar-refractivity contribution is 6.31. The first-order chi connectivity index (χ1) is 5.81. The molecule has 2 aromatic rings. The molecule has 0 atom stereocenters. The average molecular weight is 181 g/mol. The molecule has 0 saturated carbocycles. The Labute approximate surface area is 75.8 Å². The third-order valence-electron chi connectivity index (χ3n) is 1.91. The molecule has 0 unspecified atom stereocenters. The number of nitrogens with zero attached hydrogens (tertiary/aromatic N) is 2. The SMILES string of the molecule is CCn1ccc2cc(Cl)cnc21. The minimum absolute atomic E-state index is 0.691. The van der Waals surface area contributed by atoms with E-state index < -0.39 is 0 Å². The second-order valence-corrected chi connectivity index (χ2v) is 3.10. The van der Waals surface area contributed by atoms with Crippen molar-refractivity contribution in [1.29, 1.82) is 0 Å². The highest BCUT2D eigenvalue weighted by Gasteiger charge is 2.00. The minimum Gasteiger partial charge on any atom is -0.333 e. The Bertz CT molecular complexity index is 406. The summed E-state index contributed by atoms with van der Waals surface area (Å²) in [4.78, 5) is 4.24. The van der Waals surface area contributed by atoms with Crippen LogP contribution in [0.3, 0.4) is 0 Å². The van der Waals surface area contributed by atoms with E-state index in [9.17, 15) is 0 Å². The lowest BCUT2D eigenvalue weighted by Gasteiger charge is -1.98. The summed E-state index contributed by atoms with van der Waals surface area (Å²) in [6.07, 6.45) is 3.70. The van der Waals surface area contributed by atoms with Gasteiger partial charge in [-0.3, -0.25) is 0 Å². The van der Waals surface area contributed by atoms with Crippen LogP contribution in [0.1, 0.15) is 6.92 Å². The van der Waals surface area contributed by atoms with Gasteiger partial charge in [0.05, 0.1) is 5.02 Å². The van der Waals surface area contributed by atoms with Crippen LogP contribution in [0, 0.1) is 0 Å². The van der Waals surface area contributed by atoms with Crippen molar-refractivity contribution in [1.82, 2.24) is 9.55 Å². The summed E-state index contributed by atoms with van der Waals surface area (Å²) in [6.45, 7) is 3.04.